The van der Waals surface area contributed by atoms with Gasteiger partial charge < -0.3 is 5.73 Å². The van der Waals surface area contributed by atoms with Crippen molar-refractivity contribution in [2.24, 2.45) is 5.73 Å². The minimum atomic E-state index is 0.354. The fourth-order valence-corrected chi connectivity index (χ4v) is 1.75. The molecule has 1 aromatic carbocycles. The lowest BCUT2D eigenvalue weighted by Crippen LogP contribution is -2.72. The van der Waals surface area contributed by atoms with Gasteiger partial charge in [0, 0.05) is 11.1 Å². The zero-order valence-electron chi connectivity index (χ0n) is 10.7. The van der Waals surface area contributed by atoms with Crippen LogP contribution in [0, 0.1) is 13.8 Å². The summed E-state index contributed by atoms with van der Waals surface area (Å²) in [5.74, 6) is 0.823. The molecule has 98 valence electrons. The zero-order valence-corrected chi connectivity index (χ0v) is 11.5. The number of anilines is 1. The van der Waals surface area contributed by atoms with Crippen LogP contribution in [0.25, 0.3) is 0 Å². The number of nitrogens with two attached hydrogens (primary N) is 1. The van der Waals surface area contributed by atoms with Gasteiger partial charge >= 0.3 is 5.95 Å². The molecule has 0 unspecified atom stereocenters. The smallest absolute Gasteiger partial charge is 0.322 e. The second kappa shape index (κ2) is 5.67. The van der Waals surface area contributed by atoms with Crippen LogP contribution in [0.3, 0.4) is 0 Å². The van der Waals surface area contributed by atoms with Crippen molar-refractivity contribution >= 4 is 29.2 Å². The molecular formula is C13H15ClN5+. The summed E-state index contributed by atoms with van der Waals surface area (Å²) in [5, 5.41) is 3.68. The number of hydrogen-bond acceptors (Lipinski definition) is 2. The maximum atomic E-state index is 5.86. The van der Waals surface area contributed by atoms with Gasteiger partial charge in [-0.3, -0.25) is 5.32 Å². The lowest BCUT2D eigenvalue weighted by atomic mass is 10.3. The fourth-order valence-electron chi connectivity index (χ4n) is 1.62. The highest BCUT2D eigenvalue weighted by molar-refractivity contribution is 6.30. The van der Waals surface area contributed by atoms with Crippen LogP contribution in [0.15, 0.2) is 30.3 Å². The standard InChI is InChI=1S/C13H14ClN5/c1-8-7-9(2)17-13(16-8)19-12(15)18-11-5-3-10(14)4-6-11/h3-7H,1-2H3,(H3,15,16,17,18,19)/p+1. The number of aromatic nitrogens is 2. The number of guanidine groups is 1. The lowest BCUT2D eigenvalue weighted by Gasteiger charge is -2.01. The summed E-state index contributed by atoms with van der Waals surface area (Å²) in [6.45, 7) is 3.81. The summed E-state index contributed by atoms with van der Waals surface area (Å²) in [4.78, 5) is 11.4. The topological polar surface area (TPSA) is 77.8 Å². The van der Waals surface area contributed by atoms with E-state index in [1.807, 2.05) is 32.0 Å². The molecule has 0 aliphatic rings. The van der Waals surface area contributed by atoms with Crippen molar-refractivity contribution in [3.05, 3.63) is 46.7 Å². The van der Waals surface area contributed by atoms with Gasteiger partial charge in [0.1, 0.15) is 0 Å². The van der Waals surface area contributed by atoms with E-state index >= 15 is 0 Å². The number of rotatable bonds is 2. The molecule has 6 heteroatoms. The van der Waals surface area contributed by atoms with Gasteiger partial charge in [-0.15, -0.1) is 9.97 Å². The number of benzene rings is 1. The van der Waals surface area contributed by atoms with Gasteiger partial charge in [-0.1, -0.05) is 11.6 Å². The van der Waals surface area contributed by atoms with Crippen molar-refractivity contribution in [3.8, 4) is 0 Å². The third-order valence-electron chi connectivity index (χ3n) is 2.35. The summed E-state index contributed by atoms with van der Waals surface area (Å²) >= 11 is 5.81. The Bertz CT molecular complexity index is 587. The molecule has 0 atom stereocenters. The van der Waals surface area contributed by atoms with Crippen LogP contribution in [0.5, 0.6) is 0 Å². The van der Waals surface area contributed by atoms with Crippen LogP contribution in [-0.4, -0.2) is 15.9 Å². The van der Waals surface area contributed by atoms with Gasteiger partial charge in [-0.05, 0) is 38.1 Å². The van der Waals surface area contributed by atoms with E-state index in [4.69, 9.17) is 17.3 Å². The lowest BCUT2D eigenvalue weighted by molar-refractivity contribution is -0.365. The van der Waals surface area contributed by atoms with Crippen LogP contribution >= 0.6 is 11.6 Å². The van der Waals surface area contributed by atoms with Gasteiger partial charge in [0.05, 0.1) is 17.1 Å². The Hall–Kier alpha value is -2.14. The van der Waals surface area contributed by atoms with E-state index in [0.29, 0.717) is 16.9 Å². The molecular weight excluding hydrogens is 262 g/mol. The Balaban J connectivity index is 2.16. The Labute approximate surface area is 116 Å². The highest BCUT2D eigenvalue weighted by atomic mass is 35.5. The summed E-state index contributed by atoms with van der Waals surface area (Å²) in [6, 6.07) is 9.13. The molecule has 5 nitrogen and oxygen atoms in total. The van der Waals surface area contributed by atoms with Gasteiger partial charge in [-0.2, -0.15) is 0 Å². The quantitative estimate of drug-likeness (QED) is 0.562. The van der Waals surface area contributed by atoms with Crippen molar-refractivity contribution in [1.29, 1.82) is 0 Å². The minimum absolute atomic E-state index is 0.354. The molecule has 2 rings (SSSR count). The number of nitrogens with one attached hydrogen (secondary N) is 2. The minimum Gasteiger partial charge on any atom is -0.322 e. The third kappa shape index (κ3) is 3.93. The molecule has 19 heavy (non-hydrogen) atoms. The van der Waals surface area contributed by atoms with Crippen LogP contribution in [-0.2, 0) is 0 Å². The van der Waals surface area contributed by atoms with Crippen molar-refractivity contribution in [2.75, 3.05) is 5.32 Å². The van der Waals surface area contributed by atoms with Gasteiger partial charge in [0.2, 0.25) is 0 Å². The van der Waals surface area contributed by atoms with Crippen LogP contribution in [0.4, 0.5) is 11.6 Å². The molecule has 0 fully saturated rings. The largest absolute Gasteiger partial charge is 0.354 e. The molecule has 0 aliphatic carbocycles. The predicted molar refractivity (Wildman–Crippen MR) is 76.4 cm³/mol. The predicted octanol–water partition coefficient (Wildman–Crippen LogP) is 0.886. The summed E-state index contributed by atoms with van der Waals surface area (Å²) in [6.07, 6.45) is 0. The number of aryl methyl sites for hydroxylation is 2. The van der Waals surface area contributed by atoms with E-state index in [1.54, 1.807) is 12.1 Å². The second-order valence-corrected chi connectivity index (χ2v) is 4.58. The molecule has 0 aliphatic heterocycles. The molecule has 0 saturated heterocycles. The van der Waals surface area contributed by atoms with Crippen molar-refractivity contribution in [1.82, 2.24) is 9.97 Å². The summed E-state index contributed by atoms with van der Waals surface area (Å²) < 4.78 is 0. The SMILES string of the molecule is Cc1cc(C)nc([NH+]=C(N)Nc2ccc(Cl)cc2)n1. The molecule has 0 bridgehead atoms. The van der Waals surface area contributed by atoms with Crippen LogP contribution in [0.2, 0.25) is 5.02 Å². The maximum absolute atomic E-state index is 5.86. The van der Waals surface area contributed by atoms with Crippen LogP contribution in [0.1, 0.15) is 11.4 Å². The Kier molecular flexibility index (Phi) is 3.97. The molecule has 0 amide bonds. The highest BCUT2D eigenvalue weighted by Gasteiger charge is 2.05. The zero-order chi connectivity index (χ0) is 13.8. The van der Waals surface area contributed by atoms with Gasteiger partial charge in [0.15, 0.2) is 0 Å². The molecule has 1 aromatic heterocycles. The first kappa shape index (κ1) is 13.3. The second-order valence-electron chi connectivity index (χ2n) is 4.14. The molecule has 4 N–H and O–H groups in total. The van der Waals surface area contributed by atoms with E-state index in [9.17, 15) is 0 Å². The number of halogens is 1. The fraction of sp³-hybridized carbons (Fsp3) is 0.154. The Morgan fingerprint density at radius 3 is 2.32 bits per heavy atom. The average Bonchev–Trinajstić information content (AvgIpc) is 2.30. The van der Waals surface area contributed by atoms with E-state index in [-0.39, 0.29) is 0 Å². The molecule has 0 saturated carbocycles. The molecule has 1 heterocycles. The molecule has 0 spiro atoms. The maximum Gasteiger partial charge on any atom is 0.354 e. The monoisotopic (exact) mass is 276 g/mol. The van der Waals surface area contributed by atoms with E-state index in [0.717, 1.165) is 17.1 Å². The van der Waals surface area contributed by atoms with Crippen molar-refractivity contribution < 1.29 is 4.99 Å². The van der Waals surface area contributed by atoms with E-state index in [1.165, 1.54) is 0 Å². The number of nitrogens with zero attached hydrogens (tertiary/aromatic N) is 2. The number of hydrogen-bond donors (Lipinski definition) is 3. The van der Waals surface area contributed by atoms with E-state index in [2.05, 4.69) is 20.3 Å². The van der Waals surface area contributed by atoms with Gasteiger partial charge in [0.25, 0.3) is 5.96 Å². The average molecular weight is 277 g/mol. The molecule has 2 aromatic rings. The first-order valence-corrected chi connectivity index (χ1v) is 6.15. The highest BCUT2D eigenvalue weighted by Crippen LogP contribution is 2.12. The summed E-state index contributed by atoms with van der Waals surface area (Å²) in [7, 11) is 0. The third-order valence-corrected chi connectivity index (χ3v) is 2.60. The first-order chi connectivity index (χ1) is 9.02. The Morgan fingerprint density at radius 1 is 1.16 bits per heavy atom. The van der Waals surface area contributed by atoms with Gasteiger partial charge in [-0.25, -0.2) is 4.99 Å². The van der Waals surface area contributed by atoms with Crippen molar-refractivity contribution in [2.45, 2.75) is 13.8 Å². The van der Waals surface area contributed by atoms with Crippen LogP contribution < -0.4 is 16.0 Å². The first-order valence-electron chi connectivity index (χ1n) is 5.77. The van der Waals surface area contributed by atoms with E-state index < -0.39 is 0 Å². The normalized spacial score (nSPS) is 11.4. The van der Waals surface area contributed by atoms with Crippen molar-refractivity contribution in [3.63, 3.8) is 0 Å². The molecule has 0 radical (unpaired) electrons. The Morgan fingerprint density at radius 2 is 1.74 bits per heavy atom. The summed E-state index contributed by atoms with van der Waals surface area (Å²) in [5.41, 5.74) is 8.46.